The summed E-state index contributed by atoms with van der Waals surface area (Å²) in [7, 11) is 2.78. The molecule has 1 heterocycles. The minimum atomic E-state index is -1.15. The Labute approximate surface area is 114 Å². The van der Waals surface area contributed by atoms with Gasteiger partial charge in [0.2, 0.25) is 11.7 Å². The number of nitrogens with two attached hydrogens (primary N) is 1. The molecule has 0 fully saturated rings. The molecule has 2 aromatic rings. The van der Waals surface area contributed by atoms with Crippen molar-refractivity contribution in [3.05, 3.63) is 23.6 Å². The molecule has 0 aliphatic heterocycles. The van der Waals surface area contributed by atoms with Gasteiger partial charge in [-0.2, -0.15) is 4.98 Å². The maximum Gasteiger partial charge on any atom is 0.339 e. The monoisotopic (exact) mass is 279 g/mol. The lowest BCUT2D eigenvalue weighted by Crippen LogP contribution is -2.03. The largest absolute Gasteiger partial charge is 0.493 e. The predicted molar refractivity (Wildman–Crippen MR) is 67.7 cm³/mol. The zero-order valence-electron chi connectivity index (χ0n) is 10.9. The molecule has 0 bridgehead atoms. The number of ether oxygens (including phenoxy) is 2. The van der Waals surface area contributed by atoms with Crippen LogP contribution in [0.25, 0.3) is 11.4 Å². The molecule has 0 aliphatic carbocycles. The average Bonchev–Trinajstić information content (AvgIpc) is 2.94. The first-order valence-electron chi connectivity index (χ1n) is 5.63. The topological polar surface area (TPSA) is 121 Å². The van der Waals surface area contributed by atoms with Gasteiger partial charge >= 0.3 is 5.97 Å². The van der Waals surface area contributed by atoms with Crippen LogP contribution in [0.15, 0.2) is 16.7 Å². The minimum absolute atomic E-state index is 0.0547. The van der Waals surface area contributed by atoms with Gasteiger partial charge in [-0.05, 0) is 12.1 Å². The Morgan fingerprint density at radius 3 is 2.65 bits per heavy atom. The molecule has 0 radical (unpaired) electrons. The van der Waals surface area contributed by atoms with Crippen LogP contribution in [0.4, 0.5) is 0 Å². The van der Waals surface area contributed by atoms with Gasteiger partial charge in [-0.25, -0.2) is 4.79 Å². The van der Waals surface area contributed by atoms with Gasteiger partial charge < -0.3 is 24.8 Å². The van der Waals surface area contributed by atoms with Crippen molar-refractivity contribution in [1.29, 1.82) is 0 Å². The molecule has 0 spiro atoms. The first-order valence-corrected chi connectivity index (χ1v) is 5.63. The molecule has 0 aliphatic rings. The summed E-state index contributed by atoms with van der Waals surface area (Å²) in [5.41, 5.74) is 5.77. The van der Waals surface area contributed by atoms with Crippen LogP contribution in [0, 0.1) is 0 Å². The summed E-state index contributed by atoms with van der Waals surface area (Å²) in [5, 5.41) is 13.0. The van der Waals surface area contributed by atoms with Gasteiger partial charge in [0.1, 0.15) is 5.56 Å². The van der Waals surface area contributed by atoms with Crippen molar-refractivity contribution in [1.82, 2.24) is 10.1 Å². The molecule has 8 nitrogen and oxygen atoms in total. The molecule has 20 heavy (non-hydrogen) atoms. The van der Waals surface area contributed by atoms with E-state index in [-0.39, 0.29) is 35.3 Å². The fourth-order valence-electron chi connectivity index (χ4n) is 1.71. The van der Waals surface area contributed by atoms with Crippen molar-refractivity contribution < 1.29 is 23.9 Å². The number of carboxylic acids is 1. The first kappa shape index (κ1) is 13.8. The molecule has 0 amide bonds. The van der Waals surface area contributed by atoms with Crippen molar-refractivity contribution in [3.63, 3.8) is 0 Å². The fraction of sp³-hybridized carbons (Fsp3) is 0.250. The number of hydrogen-bond acceptors (Lipinski definition) is 7. The Bertz CT molecular complexity index is 638. The summed E-state index contributed by atoms with van der Waals surface area (Å²) in [6.07, 6.45) is 0. The van der Waals surface area contributed by atoms with Crippen LogP contribution in [0.2, 0.25) is 0 Å². The van der Waals surface area contributed by atoms with Crippen LogP contribution >= 0.6 is 0 Å². The van der Waals surface area contributed by atoms with E-state index in [1.54, 1.807) is 6.07 Å². The quantitative estimate of drug-likeness (QED) is 0.828. The fourth-order valence-corrected chi connectivity index (χ4v) is 1.71. The maximum atomic E-state index is 11.3. The molecule has 1 aromatic carbocycles. The third kappa shape index (κ3) is 2.41. The number of aromatic carboxylic acids is 1. The summed E-state index contributed by atoms with van der Waals surface area (Å²) >= 11 is 0. The van der Waals surface area contributed by atoms with Crippen LogP contribution in [0.1, 0.15) is 16.2 Å². The lowest BCUT2D eigenvalue weighted by Gasteiger charge is -2.11. The van der Waals surface area contributed by atoms with E-state index in [4.69, 9.17) is 19.7 Å². The van der Waals surface area contributed by atoms with E-state index in [0.717, 1.165) is 0 Å². The zero-order chi connectivity index (χ0) is 14.7. The van der Waals surface area contributed by atoms with Crippen molar-refractivity contribution in [2.45, 2.75) is 6.54 Å². The number of rotatable bonds is 5. The number of nitrogens with zero attached hydrogens (tertiary/aromatic N) is 2. The van der Waals surface area contributed by atoms with Crippen molar-refractivity contribution in [2.75, 3.05) is 14.2 Å². The van der Waals surface area contributed by atoms with Gasteiger partial charge in [0.25, 0.3) is 0 Å². The second-order valence-corrected chi connectivity index (χ2v) is 3.78. The number of aromatic nitrogens is 2. The maximum absolute atomic E-state index is 11.3. The van der Waals surface area contributed by atoms with Gasteiger partial charge in [-0.3, -0.25) is 0 Å². The van der Waals surface area contributed by atoms with E-state index < -0.39 is 5.97 Å². The smallest absolute Gasteiger partial charge is 0.339 e. The van der Waals surface area contributed by atoms with Crippen LogP contribution in [-0.4, -0.2) is 35.4 Å². The van der Waals surface area contributed by atoms with Crippen molar-refractivity contribution in [2.24, 2.45) is 5.73 Å². The Hall–Kier alpha value is -2.61. The number of methoxy groups -OCH3 is 2. The normalized spacial score (nSPS) is 10.3. The van der Waals surface area contributed by atoms with Crippen LogP contribution in [0.3, 0.4) is 0 Å². The molecule has 3 N–H and O–H groups in total. The van der Waals surface area contributed by atoms with Gasteiger partial charge in [-0.15, -0.1) is 0 Å². The highest BCUT2D eigenvalue weighted by Crippen LogP contribution is 2.35. The average molecular weight is 279 g/mol. The van der Waals surface area contributed by atoms with Crippen molar-refractivity contribution in [3.8, 4) is 22.9 Å². The van der Waals surface area contributed by atoms with Crippen LogP contribution < -0.4 is 15.2 Å². The second-order valence-electron chi connectivity index (χ2n) is 3.78. The molecular formula is C12H13N3O5. The Morgan fingerprint density at radius 2 is 2.15 bits per heavy atom. The standard InChI is InChI=1S/C12H13N3O5/c1-18-8-4-6(11-14-9(5-13)20-15-11)3-7(12(16)17)10(8)19-2/h3-4H,5,13H2,1-2H3,(H,16,17). The summed E-state index contributed by atoms with van der Waals surface area (Å²) in [4.78, 5) is 15.3. The second kappa shape index (κ2) is 5.57. The molecule has 0 saturated heterocycles. The number of carbonyl (C=O) groups is 1. The summed E-state index contributed by atoms with van der Waals surface area (Å²) in [6, 6.07) is 2.95. The van der Waals surface area contributed by atoms with E-state index in [9.17, 15) is 9.90 Å². The third-order valence-electron chi connectivity index (χ3n) is 2.61. The summed E-state index contributed by atoms with van der Waals surface area (Å²) in [5.74, 6) is -0.266. The van der Waals surface area contributed by atoms with Crippen LogP contribution in [0.5, 0.6) is 11.5 Å². The Balaban J connectivity index is 2.59. The molecule has 0 saturated carbocycles. The Kier molecular flexibility index (Phi) is 3.85. The van der Waals surface area contributed by atoms with Gasteiger partial charge in [0.15, 0.2) is 11.5 Å². The lowest BCUT2D eigenvalue weighted by atomic mass is 10.1. The highest BCUT2D eigenvalue weighted by atomic mass is 16.5. The third-order valence-corrected chi connectivity index (χ3v) is 2.61. The van der Waals surface area contributed by atoms with Gasteiger partial charge in [-0.1, -0.05) is 5.16 Å². The lowest BCUT2D eigenvalue weighted by molar-refractivity contribution is 0.0692. The van der Waals surface area contributed by atoms with E-state index >= 15 is 0 Å². The van der Waals surface area contributed by atoms with E-state index in [1.165, 1.54) is 20.3 Å². The van der Waals surface area contributed by atoms with Gasteiger partial charge in [0.05, 0.1) is 20.8 Å². The molecule has 0 unspecified atom stereocenters. The van der Waals surface area contributed by atoms with Crippen molar-refractivity contribution >= 4 is 5.97 Å². The molecule has 8 heteroatoms. The van der Waals surface area contributed by atoms with Gasteiger partial charge in [0, 0.05) is 5.56 Å². The predicted octanol–water partition coefficient (Wildman–Crippen LogP) is 0.911. The van der Waals surface area contributed by atoms with E-state index in [1.807, 2.05) is 0 Å². The molecule has 0 atom stereocenters. The number of hydrogen-bond donors (Lipinski definition) is 2. The molecule has 106 valence electrons. The summed E-state index contributed by atoms with van der Waals surface area (Å²) in [6.45, 7) is 0.103. The number of carboxylic acid groups (broad SMARTS) is 1. The van der Waals surface area contributed by atoms with Crippen LogP contribution in [-0.2, 0) is 6.54 Å². The molecular weight excluding hydrogens is 266 g/mol. The highest BCUT2D eigenvalue weighted by Gasteiger charge is 2.20. The zero-order valence-corrected chi connectivity index (χ0v) is 10.9. The Morgan fingerprint density at radius 1 is 1.40 bits per heavy atom. The SMILES string of the molecule is COc1cc(-c2noc(CN)n2)cc(C(=O)O)c1OC. The summed E-state index contributed by atoms with van der Waals surface area (Å²) < 4.78 is 15.1. The first-order chi connectivity index (χ1) is 9.60. The number of benzene rings is 1. The van der Waals surface area contributed by atoms with E-state index in [2.05, 4.69) is 10.1 Å². The highest BCUT2D eigenvalue weighted by molar-refractivity contribution is 5.93. The minimum Gasteiger partial charge on any atom is -0.493 e. The molecule has 2 rings (SSSR count). The molecule has 1 aromatic heterocycles. The van der Waals surface area contributed by atoms with E-state index in [0.29, 0.717) is 5.56 Å².